The van der Waals surface area contributed by atoms with Gasteiger partial charge in [0.25, 0.3) is 0 Å². The highest BCUT2D eigenvalue weighted by atomic mass is 16.5. The van der Waals surface area contributed by atoms with Crippen molar-refractivity contribution in [2.24, 2.45) is 5.92 Å². The van der Waals surface area contributed by atoms with Crippen LogP contribution in [0.1, 0.15) is 81.8 Å². The van der Waals surface area contributed by atoms with Crippen LogP contribution >= 0.6 is 0 Å². The van der Waals surface area contributed by atoms with Gasteiger partial charge in [-0.3, -0.25) is 0 Å². The highest BCUT2D eigenvalue weighted by Crippen LogP contribution is 2.26. The fraction of sp³-hybridized carbons (Fsp3) is 0.857. The van der Waals surface area contributed by atoms with E-state index in [0.29, 0.717) is 17.9 Å². The van der Waals surface area contributed by atoms with Gasteiger partial charge in [-0.2, -0.15) is 4.98 Å². The van der Waals surface area contributed by atoms with Gasteiger partial charge in [-0.15, -0.1) is 0 Å². The molecule has 0 bridgehead atoms. The van der Waals surface area contributed by atoms with Gasteiger partial charge in [-0.1, -0.05) is 24.4 Å². The maximum Gasteiger partial charge on any atom is 0.317 e. The Balaban J connectivity index is 1.16. The quantitative estimate of drug-likeness (QED) is 0.830. The van der Waals surface area contributed by atoms with Gasteiger partial charge in [-0.25, -0.2) is 4.79 Å². The Bertz CT molecular complexity index is 615. The maximum absolute atomic E-state index is 12.5. The number of urea groups is 1. The molecular formula is C21H34N4O3. The van der Waals surface area contributed by atoms with E-state index in [2.05, 4.69) is 15.5 Å². The van der Waals surface area contributed by atoms with Crippen LogP contribution in [0.3, 0.4) is 0 Å². The largest absolute Gasteiger partial charge is 0.381 e. The van der Waals surface area contributed by atoms with Crippen molar-refractivity contribution in [3.8, 4) is 0 Å². The van der Waals surface area contributed by atoms with Gasteiger partial charge >= 0.3 is 6.03 Å². The van der Waals surface area contributed by atoms with Crippen LogP contribution in [0.25, 0.3) is 0 Å². The Morgan fingerprint density at radius 2 is 1.79 bits per heavy atom. The zero-order valence-electron chi connectivity index (χ0n) is 16.9. The number of carbonyl (C=O) groups excluding carboxylic acids is 1. The van der Waals surface area contributed by atoms with Crippen molar-refractivity contribution >= 4 is 6.03 Å². The van der Waals surface area contributed by atoms with Crippen LogP contribution in [0.15, 0.2) is 4.52 Å². The van der Waals surface area contributed by atoms with Crippen LogP contribution < -0.4 is 5.32 Å². The summed E-state index contributed by atoms with van der Waals surface area (Å²) < 4.78 is 10.9. The number of piperidine rings is 1. The second kappa shape index (κ2) is 9.72. The van der Waals surface area contributed by atoms with Crippen molar-refractivity contribution in [2.45, 2.75) is 82.6 Å². The first-order chi connectivity index (χ1) is 13.8. The summed E-state index contributed by atoms with van der Waals surface area (Å²) in [6.45, 7) is 3.31. The van der Waals surface area contributed by atoms with Gasteiger partial charge in [-0.05, 0) is 50.9 Å². The van der Waals surface area contributed by atoms with Gasteiger partial charge in [0.1, 0.15) is 0 Å². The minimum absolute atomic E-state index is 0.142. The lowest BCUT2D eigenvalue weighted by Gasteiger charge is -2.33. The molecule has 3 fully saturated rings. The van der Waals surface area contributed by atoms with Crippen LogP contribution in [0.4, 0.5) is 4.79 Å². The van der Waals surface area contributed by atoms with Crippen molar-refractivity contribution < 1.29 is 14.1 Å². The monoisotopic (exact) mass is 390 g/mol. The molecule has 28 heavy (non-hydrogen) atoms. The average molecular weight is 391 g/mol. The van der Waals surface area contributed by atoms with E-state index in [-0.39, 0.29) is 6.03 Å². The van der Waals surface area contributed by atoms with E-state index in [0.717, 1.165) is 89.4 Å². The maximum atomic E-state index is 12.5. The molecule has 1 aromatic rings. The molecule has 0 radical (unpaired) electrons. The zero-order valence-corrected chi connectivity index (χ0v) is 16.9. The first-order valence-electron chi connectivity index (χ1n) is 11.2. The van der Waals surface area contributed by atoms with Crippen LogP contribution in [-0.2, 0) is 11.2 Å². The molecule has 0 spiro atoms. The number of hydrogen-bond acceptors (Lipinski definition) is 5. The molecule has 0 aromatic carbocycles. The molecule has 2 amide bonds. The standard InChI is InChI=1S/C21H34N4O3/c26-21(22-18-4-2-1-3-5-18)25-12-8-16(9-13-25)6-7-19-23-20(24-28-19)17-10-14-27-15-11-17/h16-18H,1-15H2,(H,22,26). The van der Waals surface area contributed by atoms with E-state index in [1.807, 2.05) is 4.90 Å². The van der Waals surface area contributed by atoms with Crippen molar-refractivity contribution in [1.29, 1.82) is 0 Å². The summed E-state index contributed by atoms with van der Waals surface area (Å²) in [6, 6.07) is 0.532. The first kappa shape index (κ1) is 19.7. The summed E-state index contributed by atoms with van der Waals surface area (Å²) in [7, 11) is 0. The van der Waals surface area contributed by atoms with Crippen LogP contribution in [-0.4, -0.2) is 53.4 Å². The number of rotatable bonds is 5. The number of aromatic nitrogens is 2. The predicted octanol–water partition coefficient (Wildman–Crippen LogP) is 3.65. The summed E-state index contributed by atoms with van der Waals surface area (Å²) in [5.74, 6) is 2.64. The summed E-state index contributed by atoms with van der Waals surface area (Å²) in [4.78, 5) is 19.1. The lowest BCUT2D eigenvalue weighted by atomic mass is 9.92. The molecule has 2 saturated heterocycles. The van der Waals surface area contributed by atoms with Crippen molar-refractivity contribution in [2.75, 3.05) is 26.3 Å². The van der Waals surface area contributed by atoms with Crippen LogP contribution in [0, 0.1) is 5.92 Å². The minimum Gasteiger partial charge on any atom is -0.381 e. The number of nitrogens with one attached hydrogen (secondary N) is 1. The molecule has 1 aromatic heterocycles. The fourth-order valence-corrected chi connectivity index (χ4v) is 4.76. The van der Waals surface area contributed by atoms with E-state index in [9.17, 15) is 4.79 Å². The normalized spacial score (nSPS) is 23.1. The number of aryl methyl sites for hydroxylation is 1. The van der Waals surface area contributed by atoms with E-state index >= 15 is 0 Å². The molecule has 2 aliphatic heterocycles. The molecule has 3 aliphatic rings. The number of hydrogen-bond donors (Lipinski definition) is 1. The molecule has 1 N–H and O–H groups in total. The van der Waals surface area contributed by atoms with Crippen molar-refractivity contribution in [3.63, 3.8) is 0 Å². The summed E-state index contributed by atoms with van der Waals surface area (Å²) in [5.41, 5.74) is 0. The fourth-order valence-electron chi connectivity index (χ4n) is 4.76. The zero-order chi connectivity index (χ0) is 19.2. The van der Waals surface area contributed by atoms with E-state index in [4.69, 9.17) is 9.26 Å². The van der Waals surface area contributed by atoms with Gasteiger partial charge in [0.15, 0.2) is 5.82 Å². The van der Waals surface area contributed by atoms with Crippen LogP contribution in [0.5, 0.6) is 0 Å². The average Bonchev–Trinajstić information content (AvgIpc) is 3.23. The number of amides is 2. The lowest BCUT2D eigenvalue weighted by molar-refractivity contribution is 0.0830. The first-order valence-corrected chi connectivity index (χ1v) is 11.2. The number of carbonyl (C=O) groups is 1. The second-order valence-corrected chi connectivity index (χ2v) is 8.69. The summed E-state index contributed by atoms with van der Waals surface area (Å²) in [5, 5.41) is 7.43. The summed E-state index contributed by atoms with van der Waals surface area (Å²) in [6.07, 6.45) is 12.1. The molecule has 7 heteroatoms. The molecule has 1 aliphatic carbocycles. The van der Waals surface area contributed by atoms with Crippen LogP contribution in [0.2, 0.25) is 0 Å². The Hall–Kier alpha value is -1.63. The molecule has 0 atom stereocenters. The Morgan fingerprint density at radius 1 is 1.04 bits per heavy atom. The van der Waals surface area contributed by atoms with Gasteiger partial charge < -0.3 is 19.5 Å². The SMILES string of the molecule is O=C(NC1CCCCC1)N1CCC(CCc2nc(C3CCOCC3)no2)CC1. The molecule has 7 nitrogen and oxygen atoms in total. The lowest BCUT2D eigenvalue weighted by Crippen LogP contribution is -2.48. The van der Waals surface area contributed by atoms with E-state index < -0.39 is 0 Å². The number of nitrogens with zero attached hydrogens (tertiary/aromatic N) is 3. The molecule has 3 heterocycles. The Labute approximate surface area is 167 Å². The molecular weight excluding hydrogens is 356 g/mol. The number of likely N-dealkylation sites (tertiary alicyclic amines) is 1. The Morgan fingerprint density at radius 3 is 2.54 bits per heavy atom. The predicted molar refractivity (Wildman–Crippen MR) is 105 cm³/mol. The smallest absolute Gasteiger partial charge is 0.317 e. The molecule has 4 rings (SSSR count). The van der Waals surface area contributed by atoms with Gasteiger partial charge in [0, 0.05) is 44.7 Å². The second-order valence-electron chi connectivity index (χ2n) is 8.69. The molecule has 1 saturated carbocycles. The van der Waals surface area contributed by atoms with Crippen molar-refractivity contribution in [1.82, 2.24) is 20.4 Å². The third kappa shape index (κ3) is 5.25. The van der Waals surface area contributed by atoms with E-state index in [1.54, 1.807) is 0 Å². The highest BCUT2D eigenvalue weighted by Gasteiger charge is 2.26. The summed E-state index contributed by atoms with van der Waals surface area (Å²) >= 11 is 0. The third-order valence-corrected chi connectivity index (χ3v) is 6.67. The van der Waals surface area contributed by atoms with Crippen molar-refractivity contribution in [3.05, 3.63) is 11.7 Å². The third-order valence-electron chi connectivity index (χ3n) is 6.67. The molecule has 0 unspecified atom stereocenters. The molecule has 156 valence electrons. The highest BCUT2D eigenvalue weighted by molar-refractivity contribution is 5.74. The number of ether oxygens (including phenoxy) is 1. The minimum atomic E-state index is 0.142. The van der Waals surface area contributed by atoms with Gasteiger partial charge in [0.05, 0.1) is 0 Å². The Kier molecular flexibility index (Phi) is 6.83. The van der Waals surface area contributed by atoms with Gasteiger partial charge in [0.2, 0.25) is 5.89 Å². The van der Waals surface area contributed by atoms with E-state index in [1.165, 1.54) is 19.3 Å². The topological polar surface area (TPSA) is 80.5 Å².